The molecule has 1 aromatic heterocycles. The van der Waals surface area contributed by atoms with Gasteiger partial charge < -0.3 is 10.3 Å². The number of benzene rings is 2. The van der Waals surface area contributed by atoms with Crippen LogP contribution in [0.3, 0.4) is 0 Å². The van der Waals surface area contributed by atoms with Crippen LogP contribution in [0.2, 0.25) is 0 Å². The quantitative estimate of drug-likeness (QED) is 0.370. The van der Waals surface area contributed by atoms with Crippen LogP contribution < -0.4 is 5.32 Å². The van der Waals surface area contributed by atoms with Crippen molar-refractivity contribution in [2.45, 2.75) is 58.0 Å². The van der Waals surface area contributed by atoms with Crippen molar-refractivity contribution in [2.24, 2.45) is 0 Å². The maximum Gasteiger partial charge on any atom is 0.416 e. The Hall–Kier alpha value is -2.76. The normalized spacial score (nSPS) is 12.8. The van der Waals surface area contributed by atoms with Crippen LogP contribution >= 0.6 is 0 Å². The first-order chi connectivity index (χ1) is 14.9. The van der Waals surface area contributed by atoms with Crippen LogP contribution in [0.25, 0.3) is 10.9 Å². The Balaban J connectivity index is 2.04. The number of aryl methyl sites for hydroxylation is 1. The number of amides is 1. The molecule has 0 aliphatic heterocycles. The van der Waals surface area contributed by atoms with Crippen molar-refractivity contribution in [3.8, 4) is 0 Å². The molecule has 1 amide bonds. The van der Waals surface area contributed by atoms with Crippen LogP contribution in [-0.2, 0) is 17.4 Å². The minimum absolute atomic E-state index is 0.0392. The van der Waals surface area contributed by atoms with Gasteiger partial charge >= 0.3 is 6.18 Å². The summed E-state index contributed by atoms with van der Waals surface area (Å²) >= 11 is 0. The van der Waals surface area contributed by atoms with E-state index in [0.29, 0.717) is 12.1 Å². The number of aromatic amines is 1. The zero-order valence-corrected chi connectivity index (χ0v) is 18.0. The second-order valence-electron chi connectivity index (χ2n) is 7.84. The summed E-state index contributed by atoms with van der Waals surface area (Å²) < 4.78 is 41.4. The molecule has 166 valence electrons. The molecule has 1 unspecified atom stereocenters. The van der Waals surface area contributed by atoms with Gasteiger partial charge in [-0.05, 0) is 35.6 Å². The predicted molar refractivity (Wildman–Crippen MR) is 118 cm³/mol. The molecule has 0 fully saturated rings. The van der Waals surface area contributed by atoms with E-state index in [1.165, 1.54) is 12.1 Å². The van der Waals surface area contributed by atoms with Crippen LogP contribution in [0.5, 0.6) is 0 Å². The molecule has 3 aromatic rings. The summed E-state index contributed by atoms with van der Waals surface area (Å²) in [6, 6.07) is 11.4. The summed E-state index contributed by atoms with van der Waals surface area (Å²) in [5.74, 6) is -0.941. The highest BCUT2D eigenvalue weighted by Crippen LogP contribution is 2.41. The lowest BCUT2D eigenvalue weighted by Gasteiger charge is -2.22. The maximum atomic E-state index is 13.8. The molecule has 3 nitrogen and oxygen atoms in total. The number of halogens is 3. The summed E-state index contributed by atoms with van der Waals surface area (Å²) in [6.07, 6.45) is 0.926. The van der Waals surface area contributed by atoms with Gasteiger partial charge in [0, 0.05) is 36.0 Å². The summed E-state index contributed by atoms with van der Waals surface area (Å²) in [5.41, 5.74) is 2.15. The minimum atomic E-state index is -4.49. The number of H-pyrrole nitrogens is 1. The lowest BCUT2D eigenvalue weighted by molar-refractivity contribution is -0.138. The van der Waals surface area contributed by atoms with E-state index < -0.39 is 17.7 Å². The van der Waals surface area contributed by atoms with Gasteiger partial charge in [-0.3, -0.25) is 4.79 Å². The fourth-order valence-corrected chi connectivity index (χ4v) is 4.13. The highest BCUT2D eigenvalue weighted by Gasteiger charge is 2.36. The van der Waals surface area contributed by atoms with Crippen molar-refractivity contribution >= 4 is 16.8 Å². The third kappa shape index (κ3) is 5.30. The first-order valence-electron chi connectivity index (χ1n) is 10.9. The number of carbonyl (C=O) groups is 1. The molecule has 1 atom stereocenters. The number of alkyl halides is 3. The van der Waals surface area contributed by atoms with Gasteiger partial charge in [-0.25, -0.2) is 0 Å². The van der Waals surface area contributed by atoms with Crippen molar-refractivity contribution < 1.29 is 18.0 Å². The fraction of sp³-hybridized carbons (Fsp3) is 0.400. The Morgan fingerprint density at radius 2 is 1.81 bits per heavy atom. The van der Waals surface area contributed by atoms with Crippen molar-refractivity contribution in [3.05, 3.63) is 70.9 Å². The van der Waals surface area contributed by atoms with E-state index in [4.69, 9.17) is 0 Å². The molecule has 2 aromatic carbocycles. The van der Waals surface area contributed by atoms with E-state index >= 15 is 0 Å². The van der Waals surface area contributed by atoms with Crippen LogP contribution in [0.1, 0.15) is 67.7 Å². The van der Waals surface area contributed by atoms with Crippen LogP contribution in [0.15, 0.2) is 48.7 Å². The second-order valence-corrected chi connectivity index (χ2v) is 7.84. The van der Waals surface area contributed by atoms with Gasteiger partial charge in [0.2, 0.25) is 5.91 Å². The molecule has 2 N–H and O–H groups in total. The minimum Gasteiger partial charge on any atom is -0.361 e. The van der Waals surface area contributed by atoms with E-state index in [1.807, 2.05) is 25.1 Å². The maximum absolute atomic E-state index is 13.8. The molecule has 0 saturated heterocycles. The SMILES string of the molecule is CCCCCNC(=O)CC(c1ccccc1C(F)(F)F)c1c[nH]c2c(CC)cccc12. The first kappa shape index (κ1) is 22.9. The van der Waals surface area contributed by atoms with E-state index in [0.717, 1.165) is 48.2 Å². The average Bonchev–Trinajstić information content (AvgIpc) is 3.18. The third-order valence-corrected chi connectivity index (χ3v) is 5.72. The molecular formula is C25H29F3N2O. The topological polar surface area (TPSA) is 44.9 Å². The Kier molecular flexibility index (Phi) is 7.42. The molecule has 31 heavy (non-hydrogen) atoms. The summed E-state index contributed by atoms with van der Waals surface area (Å²) in [4.78, 5) is 15.9. The zero-order valence-electron chi connectivity index (χ0n) is 18.0. The molecule has 6 heteroatoms. The molecule has 1 heterocycles. The Morgan fingerprint density at radius 3 is 2.52 bits per heavy atom. The molecule has 0 aliphatic rings. The highest BCUT2D eigenvalue weighted by molar-refractivity contribution is 5.88. The molecule has 0 spiro atoms. The number of rotatable bonds is 9. The van der Waals surface area contributed by atoms with Crippen LogP contribution in [0.4, 0.5) is 13.2 Å². The summed E-state index contributed by atoms with van der Waals surface area (Å²) in [5, 5.41) is 3.74. The van der Waals surface area contributed by atoms with Crippen molar-refractivity contribution in [1.29, 1.82) is 0 Å². The number of para-hydroxylation sites is 1. The van der Waals surface area contributed by atoms with Gasteiger partial charge in [-0.2, -0.15) is 13.2 Å². The van der Waals surface area contributed by atoms with Crippen LogP contribution in [0, 0.1) is 0 Å². The molecular weight excluding hydrogens is 401 g/mol. The predicted octanol–water partition coefficient (Wildman–Crippen LogP) is 6.58. The Labute approximate surface area is 181 Å². The number of nitrogens with one attached hydrogen (secondary N) is 2. The molecule has 0 bridgehead atoms. The van der Waals surface area contributed by atoms with Gasteiger partial charge in [0.05, 0.1) is 5.56 Å². The summed E-state index contributed by atoms with van der Waals surface area (Å²) in [7, 11) is 0. The largest absolute Gasteiger partial charge is 0.416 e. The average molecular weight is 431 g/mol. The third-order valence-electron chi connectivity index (χ3n) is 5.72. The van der Waals surface area contributed by atoms with Gasteiger partial charge in [-0.15, -0.1) is 0 Å². The fourth-order valence-electron chi connectivity index (χ4n) is 4.13. The number of hydrogen-bond donors (Lipinski definition) is 2. The molecule has 0 aliphatic carbocycles. The lowest BCUT2D eigenvalue weighted by Crippen LogP contribution is -2.27. The molecule has 0 radical (unpaired) electrons. The molecule has 0 saturated carbocycles. The number of carbonyl (C=O) groups excluding carboxylic acids is 1. The van der Waals surface area contributed by atoms with Gasteiger partial charge in [0.1, 0.15) is 0 Å². The van der Waals surface area contributed by atoms with E-state index in [-0.39, 0.29) is 17.9 Å². The Morgan fingerprint density at radius 1 is 1.03 bits per heavy atom. The number of unbranched alkanes of at least 4 members (excludes halogenated alkanes) is 2. The van der Waals surface area contributed by atoms with Crippen molar-refractivity contribution in [1.82, 2.24) is 10.3 Å². The van der Waals surface area contributed by atoms with Gasteiger partial charge in [-0.1, -0.05) is 63.1 Å². The zero-order chi connectivity index (χ0) is 22.4. The lowest BCUT2D eigenvalue weighted by atomic mass is 9.84. The van der Waals surface area contributed by atoms with E-state index in [9.17, 15) is 18.0 Å². The van der Waals surface area contributed by atoms with Gasteiger partial charge in [0.15, 0.2) is 0 Å². The number of fused-ring (bicyclic) bond motifs is 1. The number of aromatic nitrogens is 1. The second kappa shape index (κ2) is 10.0. The summed E-state index contributed by atoms with van der Waals surface area (Å²) in [6.45, 7) is 4.65. The van der Waals surface area contributed by atoms with Crippen molar-refractivity contribution in [2.75, 3.05) is 6.54 Å². The van der Waals surface area contributed by atoms with Gasteiger partial charge in [0.25, 0.3) is 0 Å². The Bertz CT molecular complexity index is 1020. The highest BCUT2D eigenvalue weighted by atomic mass is 19.4. The van der Waals surface area contributed by atoms with Crippen LogP contribution in [-0.4, -0.2) is 17.4 Å². The van der Waals surface area contributed by atoms with E-state index in [1.54, 1.807) is 12.3 Å². The number of hydrogen-bond acceptors (Lipinski definition) is 1. The first-order valence-corrected chi connectivity index (χ1v) is 10.9. The van der Waals surface area contributed by atoms with E-state index in [2.05, 4.69) is 17.2 Å². The molecule has 3 rings (SSSR count). The van der Waals surface area contributed by atoms with Crippen molar-refractivity contribution in [3.63, 3.8) is 0 Å². The standard InChI is InChI=1S/C25H29F3N2O/c1-3-5-8-14-29-23(31)15-20(18-11-6-7-13-22(18)25(26,27)28)21-16-30-24-17(4-2)10-9-12-19(21)24/h6-7,9-13,16,20,30H,3-5,8,14-15H2,1-2H3,(H,29,31). The monoisotopic (exact) mass is 430 g/mol. The smallest absolute Gasteiger partial charge is 0.361 e.